The fraction of sp³-hybridized carbons (Fsp3) is 0.947. The molecule has 0 aromatic rings. The van der Waals surface area contributed by atoms with E-state index in [2.05, 4.69) is 55.4 Å². The predicted molar refractivity (Wildman–Crippen MR) is 381 cm³/mol. The average Bonchev–Trinajstić information content (AvgIpc) is 3.17. The fourth-order valence-electron chi connectivity index (χ4n) is 11.4. The van der Waals surface area contributed by atoms with Crippen LogP contribution in [0.4, 0.5) is 0 Å². The highest BCUT2D eigenvalue weighted by molar-refractivity contribution is 7.47. The summed E-state index contributed by atoms with van der Waals surface area (Å²) in [5.74, 6) is 0.926. The van der Waals surface area contributed by atoms with Crippen LogP contribution in [0.3, 0.4) is 0 Å². The third kappa shape index (κ3) is 68.6. The number of phosphoric ester groups is 2. The Morgan fingerprint density at radius 1 is 0.266 bits per heavy atom. The lowest BCUT2D eigenvalue weighted by Gasteiger charge is -2.21. The molecule has 2 unspecified atom stereocenters. The minimum atomic E-state index is -4.96. The second kappa shape index (κ2) is 64.4. The van der Waals surface area contributed by atoms with Gasteiger partial charge in [0, 0.05) is 25.7 Å². The van der Waals surface area contributed by atoms with Crippen molar-refractivity contribution >= 4 is 39.5 Å². The molecule has 0 aromatic heterocycles. The van der Waals surface area contributed by atoms with Crippen LogP contribution in [0.15, 0.2) is 0 Å². The zero-order valence-corrected chi connectivity index (χ0v) is 63.4. The van der Waals surface area contributed by atoms with Gasteiger partial charge in [-0.3, -0.25) is 37.3 Å². The van der Waals surface area contributed by atoms with Crippen molar-refractivity contribution < 1.29 is 80.2 Å². The van der Waals surface area contributed by atoms with Crippen LogP contribution in [0, 0.1) is 23.7 Å². The summed E-state index contributed by atoms with van der Waals surface area (Å²) in [5.41, 5.74) is 0. The van der Waals surface area contributed by atoms with Gasteiger partial charge in [0.15, 0.2) is 12.2 Å². The molecule has 0 aliphatic rings. The van der Waals surface area contributed by atoms with Crippen molar-refractivity contribution in [3.63, 3.8) is 0 Å². The van der Waals surface area contributed by atoms with Gasteiger partial charge in [-0.25, -0.2) is 9.13 Å². The maximum atomic E-state index is 13.1. The lowest BCUT2D eigenvalue weighted by atomic mass is 10.0. The molecule has 94 heavy (non-hydrogen) atoms. The average molecular weight is 1380 g/mol. The molecule has 0 saturated heterocycles. The van der Waals surface area contributed by atoms with Crippen LogP contribution in [0.2, 0.25) is 0 Å². The van der Waals surface area contributed by atoms with Crippen molar-refractivity contribution in [2.75, 3.05) is 39.6 Å². The molecule has 0 spiro atoms. The van der Waals surface area contributed by atoms with E-state index in [1.165, 1.54) is 180 Å². The van der Waals surface area contributed by atoms with Gasteiger partial charge in [0.25, 0.3) is 0 Å². The van der Waals surface area contributed by atoms with Gasteiger partial charge in [-0.2, -0.15) is 0 Å². The van der Waals surface area contributed by atoms with Crippen molar-refractivity contribution in [1.82, 2.24) is 0 Å². The topological polar surface area (TPSA) is 237 Å². The molecule has 0 amide bonds. The molecule has 0 rings (SSSR count). The molecule has 0 radical (unpaired) electrons. The summed E-state index contributed by atoms with van der Waals surface area (Å²) >= 11 is 0. The summed E-state index contributed by atoms with van der Waals surface area (Å²) in [6.45, 7) is 14.2. The first-order valence-corrected chi connectivity index (χ1v) is 41.7. The molecular formula is C75H146O17P2. The summed E-state index contributed by atoms with van der Waals surface area (Å²) in [6, 6.07) is 0. The number of carbonyl (C=O) groups is 4. The number of ether oxygens (including phenoxy) is 4. The van der Waals surface area contributed by atoms with Gasteiger partial charge in [-0.05, 0) is 49.4 Å². The SMILES string of the molecule is CC(C)CCCCCCCCCCCCCC(=O)OC[C@H](COP(=O)(O)OC[C@@H](O)COP(=O)(O)OC[C@@H](COC(=O)CCCCCCCCCCCCC(C)C)OC(=O)CCCCCCCCCCCCC(C)C)OC(=O)CCCCCCCCCCCCCC(C)C. The standard InChI is InChI=1S/C75H146O17P2/c1-65(2)51-43-35-27-19-11-9-13-23-31-39-47-55-72(77)85-61-70(91-74(79)57-49-41-33-25-14-10-12-20-28-36-44-52-66(3)4)63-89-93(81,82)87-59-69(76)60-88-94(83,84)90-64-71(92-75(80)58-50-42-34-26-18-16-22-30-38-46-54-68(7)8)62-86-73(78)56-48-40-32-24-17-15-21-29-37-45-53-67(5)6/h65-71,76H,9-64H2,1-8H3,(H,81,82)(H,83,84)/t69-,70-,71-/m1/s1. The second-order valence-corrected chi connectivity index (χ2v) is 31.9. The van der Waals surface area contributed by atoms with Gasteiger partial charge >= 0.3 is 39.5 Å². The Labute approximate surface area is 575 Å². The van der Waals surface area contributed by atoms with E-state index >= 15 is 0 Å². The minimum absolute atomic E-state index is 0.105. The minimum Gasteiger partial charge on any atom is -0.462 e. The summed E-state index contributed by atoms with van der Waals surface area (Å²) in [4.78, 5) is 72.8. The van der Waals surface area contributed by atoms with Crippen molar-refractivity contribution in [2.24, 2.45) is 23.7 Å². The van der Waals surface area contributed by atoms with Crippen LogP contribution in [-0.4, -0.2) is 96.7 Å². The molecule has 5 atom stereocenters. The molecule has 0 saturated carbocycles. The molecule has 19 heteroatoms. The quantitative estimate of drug-likeness (QED) is 0.0222. The van der Waals surface area contributed by atoms with Crippen LogP contribution in [-0.2, 0) is 65.4 Å². The van der Waals surface area contributed by atoms with E-state index < -0.39 is 97.5 Å². The normalized spacial score (nSPS) is 14.2. The summed E-state index contributed by atoms with van der Waals surface area (Å²) in [6.07, 6.45) is 48.5. The zero-order valence-electron chi connectivity index (χ0n) is 61.6. The maximum Gasteiger partial charge on any atom is 0.472 e. The van der Waals surface area contributed by atoms with E-state index in [1.54, 1.807) is 0 Å². The second-order valence-electron chi connectivity index (χ2n) is 28.9. The van der Waals surface area contributed by atoms with Crippen LogP contribution < -0.4 is 0 Å². The highest BCUT2D eigenvalue weighted by Gasteiger charge is 2.30. The van der Waals surface area contributed by atoms with Crippen LogP contribution in [0.1, 0.15) is 376 Å². The van der Waals surface area contributed by atoms with Gasteiger partial charge in [-0.1, -0.05) is 325 Å². The summed E-state index contributed by atoms with van der Waals surface area (Å²) in [7, 11) is -9.91. The molecule has 3 N–H and O–H groups in total. The van der Waals surface area contributed by atoms with Crippen LogP contribution >= 0.6 is 15.6 Å². The zero-order chi connectivity index (χ0) is 69.6. The Morgan fingerprint density at radius 3 is 0.660 bits per heavy atom. The highest BCUT2D eigenvalue weighted by Crippen LogP contribution is 2.45. The molecule has 17 nitrogen and oxygen atoms in total. The van der Waals surface area contributed by atoms with Crippen molar-refractivity contribution in [2.45, 2.75) is 395 Å². The summed E-state index contributed by atoms with van der Waals surface area (Å²) in [5, 5.41) is 10.6. The fourth-order valence-corrected chi connectivity index (χ4v) is 13.0. The van der Waals surface area contributed by atoms with Gasteiger partial charge in [0.2, 0.25) is 0 Å². The molecule has 0 bridgehead atoms. The number of unbranched alkanes of at least 4 members (excludes halogenated alkanes) is 38. The number of aliphatic hydroxyl groups excluding tert-OH is 1. The molecule has 0 aromatic carbocycles. The summed E-state index contributed by atoms with van der Waals surface area (Å²) < 4.78 is 68.5. The largest absolute Gasteiger partial charge is 0.472 e. The Morgan fingerprint density at radius 2 is 0.447 bits per heavy atom. The maximum absolute atomic E-state index is 13.1. The lowest BCUT2D eigenvalue weighted by molar-refractivity contribution is -0.161. The van der Waals surface area contributed by atoms with Crippen molar-refractivity contribution in [3.8, 4) is 0 Å². The molecule has 0 heterocycles. The Balaban J connectivity index is 5.28. The van der Waals surface area contributed by atoms with E-state index in [0.29, 0.717) is 25.7 Å². The van der Waals surface area contributed by atoms with Crippen molar-refractivity contribution in [3.05, 3.63) is 0 Å². The van der Waals surface area contributed by atoms with E-state index in [0.717, 1.165) is 114 Å². The number of aliphatic hydroxyl groups is 1. The van der Waals surface area contributed by atoms with E-state index in [-0.39, 0.29) is 25.7 Å². The number of rotatable bonds is 72. The smallest absolute Gasteiger partial charge is 0.462 e. The lowest BCUT2D eigenvalue weighted by Crippen LogP contribution is -2.30. The number of esters is 4. The van der Waals surface area contributed by atoms with Gasteiger partial charge in [0.1, 0.15) is 19.3 Å². The number of phosphoric acid groups is 2. The molecule has 558 valence electrons. The van der Waals surface area contributed by atoms with E-state index in [4.69, 9.17) is 37.0 Å². The van der Waals surface area contributed by atoms with E-state index in [9.17, 15) is 43.2 Å². The number of hydrogen-bond acceptors (Lipinski definition) is 15. The molecule has 0 fully saturated rings. The molecule has 0 aliphatic carbocycles. The number of hydrogen-bond donors (Lipinski definition) is 3. The third-order valence-corrected chi connectivity index (χ3v) is 19.2. The Kier molecular flexibility index (Phi) is 63.1. The first-order chi connectivity index (χ1) is 45.1. The van der Waals surface area contributed by atoms with Gasteiger partial charge in [0.05, 0.1) is 26.4 Å². The monoisotopic (exact) mass is 1380 g/mol. The van der Waals surface area contributed by atoms with E-state index in [1.807, 2.05) is 0 Å². The third-order valence-electron chi connectivity index (χ3n) is 17.3. The first-order valence-electron chi connectivity index (χ1n) is 38.7. The Hall–Kier alpha value is -1.94. The molecule has 0 aliphatic heterocycles. The van der Waals surface area contributed by atoms with Crippen molar-refractivity contribution in [1.29, 1.82) is 0 Å². The van der Waals surface area contributed by atoms with Gasteiger partial charge in [-0.15, -0.1) is 0 Å². The van der Waals surface area contributed by atoms with Crippen LogP contribution in [0.5, 0.6) is 0 Å². The van der Waals surface area contributed by atoms with Crippen LogP contribution in [0.25, 0.3) is 0 Å². The highest BCUT2D eigenvalue weighted by atomic mass is 31.2. The predicted octanol–water partition coefficient (Wildman–Crippen LogP) is 21.7. The first kappa shape index (κ1) is 92.1. The number of carbonyl (C=O) groups excluding carboxylic acids is 4. The van der Waals surface area contributed by atoms with Gasteiger partial charge < -0.3 is 33.8 Å². The Bertz CT molecular complexity index is 1850. The molecular weight excluding hydrogens is 1230 g/mol.